The van der Waals surface area contributed by atoms with E-state index in [4.69, 9.17) is 9.84 Å². The molecule has 0 radical (unpaired) electrons. The van der Waals surface area contributed by atoms with Crippen LogP contribution in [0.25, 0.3) is 10.9 Å². The van der Waals surface area contributed by atoms with E-state index >= 15 is 0 Å². The molecule has 0 unspecified atom stereocenters. The third-order valence-corrected chi connectivity index (χ3v) is 6.09. The average molecular weight is 470 g/mol. The molecule has 4 aromatic rings. The van der Waals surface area contributed by atoms with Gasteiger partial charge in [0.05, 0.1) is 5.52 Å². The van der Waals surface area contributed by atoms with Crippen molar-refractivity contribution in [3.63, 3.8) is 0 Å². The molecule has 0 bridgehead atoms. The van der Waals surface area contributed by atoms with Gasteiger partial charge in [0.25, 0.3) is 5.91 Å². The molecule has 1 N–H and O–H groups in total. The smallest absolute Gasteiger partial charge is 0.303 e. The Hall–Kier alpha value is -3.86. The Morgan fingerprint density at radius 3 is 2.29 bits per heavy atom. The SMILES string of the molecule is CC(C)Cc1ccccc1COc1ccc(C(=O)n2cc(CCCC(=O)O)c3ccccc32)cc1. The topological polar surface area (TPSA) is 68.5 Å². The van der Waals surface area contributed by atoms with Crippen LogP contribution in [0, 0.1) is 5.92 Å². The van der Waals surface area contributed by atoms with E-state index in [9.17, 15) is 9.59 Å². The number of carboxylic acids is 1. The second-order valence-corrected chi connectivity index (χ2v) is 9.27. The summed E-state index contributed by atoms with van der Waals surface area (Å²) in [6.45, 7) is 4.90. The zero-order valence-corrected chi connectivity index (χ0v) is 20.2. The Bertz CT molecular complexity index is 1320. The first-order valence-corrected chi connectivity index (χ1v) is 12.1. The Balaban J connectivity index is 1.48. The molecule has 0 atom stereocenters. The molecule has 0 aliphatic heterocycles. The van der Waals surface area contributed by atoms with E-state index < -0.39 is 5.97 Å². The molecule has 0 amide bonds. The van der Waals surface area contributed by atoms with Crippen molar-refractivity contribution in [3.05, 3.63) is 101 Å². The highest BCUT2D eigenvalue weighted by Crippen LogP contribution is 2.25. The Morgan fingerprint density at radius 1 is 0.886 bits per heavy atom. The summed E-state index contributed by atoms with van der Waals surface area (Å²) in [5.74, 6) is 0.353. The van der Waals surface area contributed by atoms with Gasteiger partial charge in [-0.25, -0.2) is 0 Å². The first kappa shape index (κ1) is 24.3. The normalized spacial score (nSPS) is 11.2. The quantitative estimate of drug-likeness (QED) is 0.287. The van der Waals surface area contributed by atoms with Crippen LogP contribution in [0.1, 0.15) is 53.7 Å². The fraction of sp³-hybridized carbons (Fsp3) is 0.267. The summed E-state index contributed by atoms with van der Waals surface area (Å²) < 4.78 is 7.68. The number of carboxylic acid groups (broad SMARTS) is 1. The van der Waals surface area contributed by atoms with E-state index in [0.29, 0.717) is 36.7 Å². The Morgan fingerprint density at radius 2 is 1.57 bits per heavy atom. The summed E-state index contributed by atoms with van der Waals surface area (Å²) >= 11 is 0. The van der Waals surface area contributed by atoms with Crippen LogP contribution in [-0.2, 0) is 24.2 Å². The summed E-state index contributed by atoms with van der Waals surface area (Å²) in [4.78, 5) is 24.2. The molecular formula is C30H31NO4. The second-order valence-electron chi connectivity index (χ2n) is 9.27. The molecule has 35 heavy (non-hydrogen) atoms. The van der Waals surface area contributed by atoms with Crippen molar-refractivity contribution in [2.45, 2.75) is 46.1 Å². The van der Waals surface area contributed by atoms with Gasteiger partial charge in [0.1, 0.15) is 12.4 Å². The van der Waals surface area contributed by atoms with Gasteiger partial charge in [0, 0.05) is 23.6 Å². The van der Waals surface area contributed by atoms with Gasteiger partial charge in [-0.3, -0.25) is 14.2 Å². The number of rotatable bonds is 10. The minimum atomic E-state index is -0.810. The first-order chi connectivity index (χ1) is 16.9. The maximum absolute atomic E-state index is 13.3. The highest BCUT2D eigenvalue weighted by molar-refractivity contribution is 6.03. The van der Waals surface area contributed by atoms with Crippen molar-refractivity contribution in [1.82, 2.24) is 4.57 Å². The van der Waals surface area contributed by atoms with Crippen LogP contribution in [0.2, 0.25) is 0 Å². The molecule has 3 aromatic carbocycles. The summed E-state index contributed by atoms with van der Waals surface area (Å²) in [6.07, 6.45) is 4.10. The molecule has 4 rings (SSSR count). The van der Waals surface area contributed by atoms with Gasteiger partial charge in [-0.2, -0.15) is 0 Å². The lowest BCUT2D eigenvalue weighted by Crippen LogP contribution is -2.10. The van der Waals surface area contributed by atoms with E-state index in [-0.39, 0.29) is 12.3 Å². The predicted molar refractivity (Wildman–Crippen MR) is 138 cm³/mol. The lowest BCUT2D eigenvalue weighted by molar-refractivity contribution is -0.137. The van der Waals surface area contributed by atoms with Crippen molar-refractivity contribution in [2.24, 2.45) is 5.92 Å². The summed E-state index contributed by atoms with van der Waals surface area (Å²) in [7, 11) is 0. The molecule has 1 heterocycles. The summed E-state index contributed by atoms with van der Waals surface area (Å²) in [5, 5.41) is 9.93. The number of fused-ring (bicyclic) bond motifs is 1. The van der Waals surface area contributed by atoms with Crippen LogP contribution >= 0.6 is 0 Å². The number of aliphatic carboxylic acids is 1. The highest BCUT2D eigenvalue weighted by atomic mass is 16.5. The second kappa shape index (κ2) is 11.0. The molecule has 1 aromatic heterocycles. The van der Waals surface area contributed by atoms with Gasteiger partial charge >= 0.3 is 5.97 Å². The number of aryl methyl sites for hydroxylation is 1. The third kappa shape index (κ3) is 5.99. The average Bonchev–Trinajstić information content (AvgIpc) is 3.21. The first-order valence-electron chi connectivity index (χ1n) is 12.1. The lowest BCUT2D eigenvalue weighted by Gasteiger charge is -2.13. The fourth-order valence-corrected chi connectivity index (χ4v) is 4.38. The number of hydrogen-bond donors (Lipinski definition) is 1. The van der Waals surface area contributed by atoms with E-state index in [2.05, 4.69) is 32.0 Å². The predicted octanol–water partition coefficient (Wildman–Crippen LogP) is 6.51. The largest absolute Gasteiger partial charge is 0.489 e. The van der Waals surface area contributed by atoms with Crippen LogP contribution in [0.4, 0.5) is 0 Å². The molecule has 0 aliphatic rings. The highest BCUT2D eigenvalue weighted by Gasteiger charge is 2.15. The number of benzene rings is 3. The molecule has 0 spiro atoms. The summed E-state index contributed by atoms with van der Waals surface area (Å²) in [5.41, 5.74) is 4.85. The molecule has 5 heteroatoms. The van der Waals surface area contributed by atoms with Crippen molar-refractivity contribution in [3.8, 4) is 5.75 Å². The van der Waals surface area contributed by atoms with Gasteiger partial charge in [-0.15, -0.1) is 0 Å². The van der Waals surface area contributed by atoms with Crippen LogP contribution in [-0.4, -0.2) is 21.6 Å². The van der Waals surface area contributed by atoms with Gasteiger partial charge in [0.2, 0.25) is 0 Å². The Kier molecular flexibility index (Phi) is 7.66. The number of aromatic nitrogens is 1. The fourth-order valence-electron chi connectivity index (χ4n) is 4.38. The maximum Gasteiger partial charge on any atom is 0.303 e. The molecule has 0 saturated heterocycles. The molecule has 180 valence electrons. The lowest BCUT2D eigenvalue weighted by atomic mass is 9.98. The van der Waals surface area contributed by atoms with Crippen LogP contribution in [0.5, 0.6) is 5.75 Å². The number of ether oxygens (including phenoxy) is 1. The van der Waals surface area contributed by atoms with Gasteiger partial charge in [-0.1, -0.05) is 56.3 Å². The zero-order chi connectivity index (χ0) is 24.8. The minimum absolute atomic E-state index is 0.108. The van der Waals surface area contributed by atoms with Crippen LogP contribution in [0.15, 0.2) is 79.0 Å². The van der Waals surface area contributed by atoms with Crippen molar-refractivity contribution in [2.75, 3.05) is 0 Å². The van der Waals surface area contributed by atoms with E-state index in [1.54, 1.807) is 16.7 Å². The van der Waals surface area contributed by atoms with Crippen molar-refractivity contribution < 1.29 is 19.4 Å². The van der Waals surface area contributed by atoms with E-state index in [1.807, 2.05) is 48.7 Å². The number of hydrogen-bond acceptors (Lipinski definition) is 3. The maximum atomic E-state index is 13.3. The monoisotopic (exact) mass is 469 g/mol. The number of carbonyl (C=O) groups excluding carboxylic acids is 1. The van der Waals surface area contributed by atoms with Crippen LogP contribution in [0.3, 0.4) is 0 Å². The number of nitrogens with zero attached hydrogens (tertiary/aromatic N) is 1. The van der Waals surface area contributed by atoms with Crippen molar-refractivity contribution in [1.29, 1.82) is 0 Å². The van der Waals surface area contributed by atoms with Crippen LogP contribution < -0.4 is 4.74 Å². The van der Waals surface area contributed by atoms with Gasteiger partial charge < -0.3 is 9.84 Å². The zero-order valence-electron chi connectivity index (χ0n) is 20.2. The van der Waals surface area contributed by atoms with E-state index in [1.165, 1.54) is 11.1 Å². The number of para-hydroxylation sites is 1. The molecule has 0 aliphatic carbocycles. The van der Waals surface area contributed by atoms with Gasteiger partial charge in [-0.05, 0) is 72.2 Å². The van der Waals surface area contributed by atoms with Gasteiger partial charge in [0.15, 0.2) is 0 Å². The third-order valence-electron chi connectivity index (χ3n) is 6.09. The molecular weight excluding hydrogens is 438 g/mol. The molecule has 0 fully saturated rings. The minimum Gasteiger partial charge on any atom is -0.489 e. The van der Waals surface area contributed by atoms with E-state index in [0.717, 1.165) is 22.9 Å². The number of carbonyl (C=O) groups is 2. The van der Waals surface area contributed by atoms with Crippen molar-refractivity contribution >= 4 is 22.8 Å². The summed E-state index contributed by atoms with van der Waals surface area (Å²) in [6, 6.07) is 23.3. The standard InChI is InChI=1S/C30H31NO4/c1-21(2)18-23-8-3-4-9-25(23)20-35-26-16-14-22(15-17-26)30(34)31-19-24(10-7-13-29(32)33)27-11-5-6-12-28(27)31/h3-6,8-9,11-12,14-17,19,21H,7,10,13,18,20H2,1-2H3,(H,32,33). The molecule has 5 nitrogen and oxygen atoms in total. The Labute approximate surface area is 206 Å². The molecule has 0 saturated carbocycles.